The van der Waals surface area contributed by atoms with Crippen LogP contribution in [0.4, 0.5) is 5.69 Å². The van der Waals surface area contributed by atoms with E-state index in [-0.39, 0.29) is 17.2 Å². The molecule has 4 nitrogen and oxygen atoms in total. The van der Waals surface area contributed by atoms with Gasteiger partial charge in [-0.25, -0.2) is 0 Å². The Kier molecular flexibility index (Phi) is 3.01. The topological polar surface area (TPSA) is 49.7 Å². The van der Waals surface area contributed by atoms with Crippen LogP contribution in [0.5, 0.6) is 0 Å². The molecule has 0 saturated carbocycles. The van der Waals surface area contributed by atoms with E-state index in [0.717, 1.165) is 22.5 Å². The van der Waals surface area contributed by atoms with Crippen LogP contribution in [0.2, 0.25) is 0 Å². The van der Waals surface area contributed by atoms with Gasteiger partial charge in [0.15, 0.2) is 0 Å². The van der Waals surface area contributed by atoms with Crippen molar-refractivity contribution < 1.29 is 9.59 Å². The highest BCUT2D eigenvalue weighted by molar-refractivity contribution is 6.13. The van der Waals surface area contributed by atoms with E-state index in [0.29, 0.717) is 17.7 Å². The molecule has 0 aromatic heterocycles. The molecular weight excluding hydrogens is 300 g/mol. The minimum atomic E-state index is -0.251. The lowest BCUT2D eigenvalue weighted by Crippen LogP contribution is -2.31. The molecule has 0 aliphatic carbocycles. The predicted octanol–water partition coefficient (Wildman–Crippen LogP) is 3.87. The number of fused-ring (bicyclic) bond motifs is 2. The number of benzene rings is 2. The predicted molar refractivity (Wildman–Crippen MR) is 92.9 cm³/mol. The van der Waals surface area contributed by atoms with Crippen LogP contribution >= 0.6 is 0 Å². The molecule has 0 bridgehead atoms. The minimum absolute atomic E-state index is 0.191. The average molecular weight is 318 g/mol. The molecular formula is C20H18N2O2. The van der Waals surface area contributed by atoms with Crippen LogP contribution in [0.3, 0.4) is 0 Å². The van der Waals surface area contributed by atoms with Crippen molar-refractivity contribution in [3.05, 3.63) is 64.7 Å². The second-order valence-corrected chi connectivity index (χ2v) is 6.91. The van der Waals surface area contributed by atoms with E-state index in [1.807, 2.05) is 37.3 Å². The van der Waals surface area contributed by atoms with Gasteiger partial charge in [0.1, 0.15) is 0 Å². The third-order valence-electron chi connectivity index (χ3n) is 5.18. The molecule has 120 valence electrons. The third kappa shape index (κ3) is 1.96. The number of carbonyl (C=O) groups is 2. The Balaban J connectivity index is 1.69. The number of amides is 2. The van der Waals surface area contributed by atoms with E-state index in [4.69, 9.17) is 0 Å². The maximum atomic E-state index is 12.9. The maximum Gasteiger partial charge on any atom is 0.261 e. The maximum absolute atomic E-state index is 12.9. The van der Waals surface area contributed by atoms with Gasteiger partial charge in [0.2, 0.25) is 0 Å². The Bertz CT molecular complexity index is 925. The normalized spacial score (nSPS) is 17.5. The Morgan fingerprint density at radius 3 is 2.67 bits per heavy atom. The molecule has 2 aromatic carbocycles. The molecule has 0 spiro atoms. The van der Waals surface area contributed by atoms with Gasteiger partial charge in [0.05, 0.1) is 12.2 Å². The minimum Gasteiger partial charge on any atom is -0.270 e. The van der Waals surface area contributed by atoms with Crippen LogP contribution in [-0.2, 0) is 12.0 Å². The zero-order valence-corrected chi connectivity index (χ0v) is 14.0. The van der Waals surface area contributed by atoms with Crippen LogP contribution in [0.1, 0.15) is 52.6 Å². The van der Waals surface area contributed by atoms with Crippen LogP contribution in [0, 0.1) is 0 Å². The fourth-order valence-corrected chi connectivity index (χ4v) is 3.36. The summed E-state index contributed by atoms with van der Waals surface area (Å²) in [7, 11) is 0. The zero-order valence-electron chi connectivity index (χ0n) is 14.0. The molecule has 0 N–H and O–H groups in total. The molecule has 2 aromatic rings. The summed E-state index contributed by atoms with van der Waals surface area (Å²) in [5, 5.41) is 0. The van der Waals surface area contributed by atoms with E-state index >= 15 is 0 Å². The van der Waals surface area contributed by atoms with E-state index in [9.17, 15) is 9.59 Å². The summed E-state index contributed by atoms with van der Waals surface area (Å²) in [4.78, 5) is 31.3. The Labute approximate surface area is 140 Å². The van der Waals surface area contributed by atoms with Crippen LogP contribution in [0.25, 0.3) is 0 Å². The summed E-state index contributed by atoms with van der Waals surface area (Å²) in [6.45, 7) is 6.54. The Morgan fingerprint density at radius 2 is 1.92 bits per heavy atom. The molecule has 2 aliphatic heterocycles. The number of hydrogen-bond acceptors (Lipinski definition) is 3. The summed E-state index contributed by atoms with van der Waals surface area (Å²) >= 11 is 0. The van der Waals surface area contributed by atoms with Crippen LogP contribution < -0.4 is 0 Å². The smallest absolute Gasteiger partial charge is 0.261 e. The second-order valence-electron chi connectivity index (χ2n) is 6.91. The molecule has 4 rings (SSSR count). The van der Waals surface area contributed by atoms with Crippen molar-refractivity contribution >= 4 is 23.2 Å². The summed E-state index contributed by atoms with van der Waals surface area (Å²) in [5.74, 6) is -0.470. The van der Waals surface area contributed by atoms with Gasteiger partial charge >= 0.3 is 0 Å². The molecule has 0 atom stereocenters. The van der Waals surface area contributed by atoms with E-state index < -0.39 is 0 Å². The van der Waals surface area contributed by atoms with Gasteiger partial charge < -0.3 is 0 Å². The first-order chi connectivity index (χ1) is 11.4. The first kappa shape index (κ1) is 14.8. The summed E-state index contributed by atoms with van der Waals surface area (Å²) in [6.07, 6.45) is 0. The number of hydrogen-bond donors (Lipinski definition) is 0. The van der Waals surface area contributed by atoms with Crippen molar-refractivity contribution in [2.24, 2.45) is 4.99 Å². The van der Waals surface area contributed by atoms with E-state index in [1.54, 1.807) is 12.1 Å². The molecule has 24 heavy (non-hydrogen) atoms. The summed E-state index contributed by atoms with van der Waals surface area (Å²) in [5.41, 5.74) is 4.84. The van der Waals surface area contributed by atoms with Gasteiger partial charge in [-0.1, -0.05) is 32.0 Å². The third-order valence-corrected chi connectivity index (χ3v) is 5.18. The largest absolute Gasteiger partial charge is 0.270 e. The highest BCUT2D eigenvalue weighted by Gasteiger charge is 2.35. The summed E-state index contributed by atoms with van der Waals surface area (Å²) < 4.78 is 0. The lowest BCUT2D eigenvalue weighted by atomic mass is 9.81. The molecule has 0 saturated heterocycles. The first-order valence-electron chi connectivity index (χ1n) is 8.04. The average Bonchev–Trinajstić information content (AvgIpc) is 3.02. The van der Waals surface area contributed by atoms with Crippen molar-refractivity contribution in [2.75, 3.05) is 0 Å². The number of nitrogens with zero attached hydrogens (tertiary/aromatic N) is 2. The van der Waals surface area contributed by atoms with Crippen molar-refractivity contribution in [3.8, 4) is 0 Å². The molecule has 0 radical (unpaired) electrons. The Morgan fingerprint density at radius 1 is 1.17 bits per heavy atom. The molecule has 4 heteroatoms. The fraction of sp³-hybridized carbons (Fsp3) is 0.250. The lowest BCUT2D eigenvalue weighted by Gasteiger charge is -2.21. The molecule has 2 heterocycles. The van der Waals surface area contributed by atoms with Crippen molar-refractivity contribution in [1.82, 2.24) is 4.90 Å². The molecule has 0 unspecified atom stereocenters. The number of aliphatic imine (C=N–C) groups is 1. The van der Waals surface area contributed by atoms with Gasteiger partial charge in [-0.05, 0) is 42.3 Å². The lowest BCUT2D eigenvalue weighted by molar-refractivity contribution is 0.0631. The van der Waals surface area contributed by atoms with Crippen LogP contribution in [-0.4, -0.2) is 22.4 Å². The van der Waals surface area contributed by atoms with Crippen LogP contribution in [0.15, 0.2) is 47.5 Å². The number of rotatable bonds is 1. The van der Waals surface area contributed by atoms with Gasteiger partial charge in [0, 0.05) is 22.3 Å². The highest BCUT2D eigenvalue weighted by Crippen LogP contribution is 2.40. The van der Waals surface area contributed by atoms with E-state index in [1.165, 1.54) is 4.90 Å². The molecule has 2 aliphatic rings. The van der Waals surface area contributed by atoms with Gasteiger partial charge in [-0.3, -0.25) is 19.5 Å². The SMILES string of the molecule is CC1=Nc2ccc(C(=O)N3Cc4ccccc4C3=O)cc2C1(C)C. The number of carbonyl (C=O) groups excluding carboxylic acids is 2. The fourth-order valence-electron chi connectivity index (χ4n) is 3.36. The summed E-state index contributed by atoms with van der Waals surface area (Å²) in [6, 6.07) is 12.9. The Hall–Kier alpha value is -2.75. The molecule has 2 amide bonds. The number of imide groups is 1. The highest BCUT2D eigenvalue weighted by atomic mass is 16.2. The standard InChI is InChI=1S/C20H18N2O2/c1-12-20(2,3)16-10-13(8-9-17(16)21-12)18(23)22-11-14-6-4-5-7-15(14)19(22)24/h4-10H,11H2,1-3H3. The van der Waals surface area contributed by atoms with Gasteiger partial charge in [-0.2, -0.15) is 0 Å². The first-order valence-corrected chi connectivity index (χ1v) is 8.04. The zero-order chi connectivity index (χ0) is 17.1. The van der Waals surface area contributed by atoms with Gasteiger partial charge in [-0.15, -0.1) is 0 Å². The van der Waals surface area contributed by atoms with Crippen molar-refractivity contribution in [3.63, 3.8) is 0 Å². The second kappa shape index (κ2) is 4.87. The van der Waals surface area contributed by atoms with Crippen molar-refractivity contribution in [2.45, 2.75) is 32.7 Å². The monoisotopic (exact) mass is 318 g/mol. The molecule has 0 fully saturated rings. The van der Waals surface area contributed by atoms with E-state index in [2.05, 4.69) is 18.8 Å². The van der Waals surface area contributed by atoms with Crippen molar-refractivity contribution in [1.29, 1.82) is 0 Å². The van der Waals surface area contributed by atoms with Gasteiger partial charge in [0.25, 0.3) is 11.8 Å². The quantitative estimate of drug-likeness (QED) is 0.750.